The van der Waals surface area contributed by atoms with E-state index in [9.17, 15) is 0 Å². The number of nitrogens with one attached hydrogen (secondary N) is 1. The zero-order valence-electron chi connectivity index (χ0n) is 14.9. The maximum Gasteiger partial charge on any atom is 0.324 e. The highest BCUT2D eigenvalue weighted by molar-refractivity contribution is 6.23. The highest BCUT2D eigenvalue weighted by Gasteiger charge is 2.11. The van der Waals surface area contributed by atoms with Crippen LogP contribution in [0.5, 0.6) is 12.0 Å². The average Bonchev–Trinajstić information content (AvgIpc) is 2.71. The third kappa shape index (κ3) is 2.54. The second-order valence-corrected chi connectivity index (χ2v) is 6.27. The first kappa shape index (κ1) is 15.6. The van der Waals surface area contributed by atoms with Crippen LogP contribution in [0, 0.1) is 0 Å². The molecule has 0 unspecified atom stereocenters. The molecule has 0 saturated carbocycles. The Bertz CT molecular complexity index is 1200. The number of nitrogens with zero attached hydrogens (tertiary/aromatic N) is 3. The van der Waals surface area contributed by atoms with E-state index in [1.807, 2.05) is 0 Å². The summed E-state index contributed by atoms with van der Waals surface area (Å²) in [5.41, 5.74) is 0.885. The van der Waals surface area contributed by atoms with E-state index in [2.05, 4.69) is 74.9 Å². The van der Waals surface area contributed by atoms with Crippen molar-refractivity contribution in [3.63, 3.8) is 0 Å². The summed E-state index contributed by atoms with van der Waals surface area (Å²) < 4.78 is 10.2. The molecule has 132 valence electrons. The van der Waals surface area contributed by atoms with Gasteiger partial charge in [-0.05, 0) is 44.5 Å². The Kier molecular flexibility index (Phi) is 3.43. The van der Waals surface area contributed by atoms with Gasteiger partial charge in [0, 0.05) is 5.69 Å². The minimum absolute atomic E-state index is 0.196. The molecule has 0 spiro atoms. The van der Waals surface area contributed by atoms with Gasteiger partial charge in [-0.2, -0.15) is 9.97 Å². The number of ether oxygens (including phenoxy) is 2. The van der Waals surface area contributed by atoms with E-state index in [4.69, 9.17) is 9.47 Å². The topological polar surface area (TPSA) is 69.2 Å². The fourth-order valence-electron chi connectivity index (χ4n) is 3.53. The second kappa shape index (κ2) is 5.95. The van der Waals surface area contributed by atoms with E-state index in [-0.39, 0.29) is 12.0 Å². The van der Waals surface area contributed by atoms with Gasteiger partial charge in [-0.25, -0.2) is 0 Å². The van der Waals surface area contributed by atoms with Crippen molar-refractivity contribution in [3.8, 4) is 12.0 Å². The molecule has 1 N–H and O–H groups in total. The number of methoxy groups -OCH3 is 2. The lowest BCUT2D eigenvalue weighted by Gasteiger charge is -2.13. The summed E-state index contributed by atoms with van der Waals surface area (Å²) >= 11 is 0. The van der Waals surface area contributed by atoms with Crippen molar-refractivity contribution in [2.45, 2.75) is 0 Å². The van der Waals surface area contributed by atoms with E-state index in [0.29, 0.717) is 5.95 Å². The standard InChI is InChI=1S/C21H16N4O2/c1-26-20-23-19(24-21(25-20)27-2)22-16-10-14-8-6-12-4-3-5-13-7-9-15(11-16)18(14)17(12)13/h3-11H,1-2H3,(H,22,23,24,25). The highest BCUT2D eigenvalue weighted by Crippen LogP contribution is 2.36. The largest absolute Gasteiger partial charge is 0.467 e. The van der Waals surface area contributed by atoms with E-state index in [1.165, 1.54) is 35.8 Å². The molecule has 4 aromatic carbocycles. The zero-order chi connectivity index (χ0) is 18.4. The number of anilines is 2. The van der Waals surface area contributed by atoms with Gasteiger partial charge in [-0.3, -0.25) is 0 Å². The minimum atomic E-state index is 0.196. The van der Waals surface area contributed by atoms with E-state index < -0.39 is 0 Å². The third-order valence-electron chi connectivity index (χ3n) is 4.68. The summed E-state index contributed by atoms with van der Waals surface area (Å²) in [5, 5.41) is 10.6. The summed E-state index contributed by atoms with van der Waals surface area (Å²) in [5.74, 6) is 0.367. The average molecular weight is 356 g/mol. The fourth-order valence-corrected chi connectivity index (χ4v) is 3.53. The smallest absolute Gasteiger partial charge is 0.324 e. The van der Waals surface area contributed by atoms with Crippen LogP contribution < -0.4 is 14.8 Å². The third-order valence-corrected chi connectivity index (χ3v) is 4.68. The Morgan fingerprint density at radius 3 is 1.74 bits per heavy atom. The minimum Gasteiger partial charge on any atom is -0.467 e. The Morgan fingerprint density at radius 2 is 1.19 bits per heavy atom. The summed E-state index contributed by atoms with van der Waals surface area (Å²) in [6.45, 7) is 0. The SMILES string of the molecule is COc1nc(Nc2cc3ccc4cccc5ccc(c2)c3c45)nc(OC)n1. The van der Waals surface area contributed by atoms with Gasteiger partial charge in [-0.1, -0.05) is 42.5 Å². The van der Waals surface area contributed by atoms with Gasteiger partial charge in [0.25, 0.3) is 0 Å². The molecule has 1 heterocycles. The molecule has 1 aromatic heterocycles. The lowest BCUT2D eigenvalue weighted by atomic mass is 9.94. The van der Waals surface area contributed by atoms with Crippen LogP contribution in [0.15, 0.2) is 54.6 Å². The van der Waals surface area contributed by atoms with Crippen LogP contribution in [0.4, 0.5) is 11.6 Å². The molecule has 0 bridgehead atoms. The van der Waals surface area contributed by atoms with Crippen LogP contribution in [-0.4, -0.2) is 29.2 Å². The molecular formula is C21H16N4O2. The molecule has 6 heteroatoms. The number of rotatable bonds is 4. The van der Waals surface area contributed by atoms with Crippen LogP contribution in [0.25, 0.3) is 32.3 Å². The summed E-state index contributed by atoms with van der Waals surface area (Å²) in [6, 6.07) is 19.6. The molecule has 0 saturated heterocycles. The molecule has 0 atom stereocenters. The predicted molar refractivity (Wildman–Crippen MR) is 106 cm³/mol. The summed E-state index contributed by atoms with van der Waals surface area (Å²) in [4.78, 5) is 12.5. The van der Waals surface area contributed by atoms with Crippen molar-refractivity contribution in [1.29, 1.82) is 0 Å². The first-order chi connectivity index (χ1) is 13.2. The highest BCUT2D eigenvalue weighted by atomic mass is 16.5. The lowest BCUT2D eigenvalue weighted by molar-refractivity contribution is 0.341. The normalized spacial score (nSPS) is 11.3. The zero-order valence-corrected chi connectivity index (χ0v) is 14.9. The maximum absolute atomic E-state index is 5.11. The van der Waals surface area contributed by atoms with E-state index in [1.54, 1.807) is 0 Å². The molecule has 0 aliphatic rings. The first-order valence-corrected chi connectivity index (χ1v) is 8.54. The maximum atomic E-state index is 5.11. The second-order valence-electron chi connectivity index (χ2n) is 6.27. The summed E-state index contributed by atoms with van der Waals surface area (Å²) in [7, 11) is 3.01. The molecule has 0 aliphatic carbocycles. The van der Waals surface area contributed by atoms with Crippen molar-refractivity contribution < 1.29 is 9.47 Å². The Balaban J connectivity index is 1.66. The van der Waals surface area contributed by atoms with Gasteiger partial charge in [0.1, 0.15) is 0 Å². The van der Waals surface area contributed by atoms with E-state index >= 15 is 0 Å². The number of aromatic nitrogens is 3. The Labute approximate surface area is 155 Å². The predicted octanol–water partition coefficient (Wildman–Crippen LogP) is 4.53. The molecule has 0 amide bonds. The number of benzene rings is 4. The van der Waals surface area contributed by atoms with Crippen molar-refractivity contribution in [2.75, 3.05) is 19.5 Å². The molecule has 5 rings (SSSR count). The van der Waals surface area contributed by atoms with Crippen LogP contribution in [0.2, 0.25) is 0 Å². The van der Waals surface area contributed by atoms with Crippen LogP contribution in [-0.2, 0) is 0 Å². The van der Waals surface area contributed by atoms with Gasteiger partial charge in [-0.15, -0.1) is 4.98 Å². The van der Waals surface area contributed by atoms with Crippen LogP contribution in [0.3, 0.4) is 0 Å². The molecular weight excluding hydrogens is 340 g/mol. The monoisotopic (exact) mass is 356 g/mol. The van der Waals surface area contributed by atoms with Crippen LogP contribution >= 0.6 is 0 Å². The van der Waals surface area contributed by atoms with Gasteiger partial charge in [0.05, 0.1) is 14.2 Å². The lowest BCUT2D eigenvalue weighted by Crippen LogP contribution is -2.03. The van der Waals surface area contributed by atoms with Crippen LogP contribution in [0.1, 0.15) is 0 Å². The van der Waals surface area contributed by atoms with Gasteiger partial charge in [0.2, 0.25) is 5.95 Å². The molecule has 5 aromatic rings. The van der Waals surface area contributed by atoms with Gasteiger partial charge >= 0.3 is 12.0 Å². The Morgan fingerprint density at radius 1 is 0.667 bits per heavy atom. The quantitative estimate of drug-likeness (QED) is 0.477. The van der Waals surface area contributed by atoms with Crippen molar-refractivity contribution in [2.24, 2.45) is 0 Å². The molecule has 0 aliphatic heterocycles. The number of hydrogen-bond donors (Lipinski definition) is 1. The fraction of sp³-hybridized carbons (Fsp3) is 0.0952. The molecule has 0 radical (unpaired) electrons. The van der Waals surface area contributed by atoms with Crippen molar-refractivity contribution in [1.82, 2.24) is 15.0 Å². The van der Waals surface area contributed by atoms with Gasteiger partial charge < -0.3 is 14.8 Å². The molecule has 0 fully saturated rings. The van der Waals surface area contributed by atoms with Gasteiger partial charge in [0.15, 0.2) is 0 Å². The number of hydrogen-bond acceptors (Lipinski definition) is 6. The summed E-state index contributed by atoms with van der Waals surface area (Å²) in [6.07, 6.45) is 0. The Hall–Kier alpha value is -3.67. The van der Waals surface area contributed by atoms with Crippen molar-refractivity contribution in [3.05, 3.63) is 54.6 Å². The first-order valence-electron chi connectivity index (χ1n) is 8.54. The van der Waals surface area contributed by atoms with Crippen molar-refractivity contribution >= 4 is 44.0 Å². The molecule has 6 nitrogen and oxygen atoms in total. The van der Waals surface area contributed by atoms with E-state index in [0.717, 1.165) is 16.5 Å². The molecule has 27 heavy (non-hydrogen) atoms.